The first-order valence-corrected chi connectivity index (χ1v) is 4.66. The van der Waals surface area contributed by atoms with Gasteiger partial charge in [-0.2, -0.15) is 0 Å². The number of aryl methyl sites for hydroxylation is 2. The average molecular weight is 167 g/mol. The second-order valence-corrected chi connectivity index (χ2v) is 3.35. The molecule has 0 aliphatic carbocycles. The van der Waals surface area contributed by atoms with Crippen LogP contribution in [0.5, 0.6) is 0 Å². The minimum Gasteiger partial charge on any atom is -0.278 e. The summed E-state index contributed by atoms with van der Waals surface area (Å²) in [5.41, 5.74) is 3.99. The van der Waals surface area contributed by atoms with E-state index in [1.165, 1.54) is 28.6 Å². The zero-order chi connectivity index (χ0) is 8.27. The van der Waals surface area contributed by atoms with Gasteiger partial charge in [-0.3, -0.25) is 5.14 Å². The number of nitrogens with two attached hydrogens (primary N) is 1. The fraction of sp³-hybridized carbons (Fsp3) is 0.333. The molecule has 11 heavy (non-hydrogen) atoms. The third-order valence-electron chi connectivity index (χ3n) is 1.82. The van der Waals surface area contributed by atoms with E-state index in [0.29, 0.717) is 0 Å². The molecule has 0 aliphatic rings. The Hall–Kier alpha value is -0.470. The maximum atomic E-state index is 5.37. The van der Waals surface area contributed by atoms with E-state index >= 15 is 0 Å². The second kappa shape index (κ2) is 3.79. The van der Waals surface area contributed by atoms with Gasteiger partial charge >= 0.3 is 0 Å². The number of hydrogen-bond donors (Lipinski definition) is 1. The van der Waals surface area contributed by atoms with Crippen molar-refractivity contribution in [3.05, 3.63) is 34.9 Å². The molecule has 0 radical (unpaired) electrons. The molecule has 0 atom stereocenters. The molecule has 1 aromatic carbocycles. The van der Waals surface area contributed by atoms with Crippen molar-refractivity contribution in [2.24, 2.45) is 5.14 Å². The smallest absolute Gasteiger partial charge is 0.0328 e. The predicted octanol–water partition coefficient (Wildman–Crippen LogP) is 2.41. The highest BCUT2D eigenvalue weighted by molar-refractivity contribution is 7.96. The standard InChI is InChI=1S/C9H13NS/c1-7-3-4-9(6-11-10)5-8(7)2/h3-5H,6,10H2,1-2H3. The Morgan fingerprint density at radius 2 is 2.00 bits per heavy atom. The summed E-state index contributed by atoms with van der Waals surface area (Å²) in [5.74, 6) is 0.904. The van der Waals surface area contributed by atoms with Crippen molar-refractivity contribution in [3.8, 4) is 0 Å². The first-order chi connectivity index (χ1) is 5.24. The Morgan fingerprint density at radius 3 is 2.55 bits per heavy atom. The summed E-state index contributed by atoms with van der Waals surface area (Å²) in [4.78, 5) is 0. The van der Waals surface area contributed by atoms with E-state index in [0.717, 1.165) is 5.75 Å². The first kappa shape index (κ1) is 8.62. The zero-order valence-electron chi connectivity index (χ0n) is 6.92. The van der Waals surface area contributed by atoms with E-state index < -0.39 is 0 Å². The quantitative estimate of drug-likeness (QED) is 0.684. The Balaban J connectivity index is 2.86. The highest BCUT2D eigenvalue weighted by Crippen LogP contribution is 2.12. The highest BCUT2D eigenvalue weighted by atomic mass is 32.2. The zero-order valence-corrected chi connectivity index (χ0v) is 7.74. The van der Waals surface area contributed by atoms with Crippen molar-refractivity contribution < 1.29 is 0 Å². The van der Waals surface area contributed by atoms with Crippen LogP contribution in [0.25, 0.3) is 0 Å². The van der Waals surface area contributed by atoms with Gasteiger partial charge in [0.1, 0.15) is 0 Å². The summed E-state index contributed by atoms with van der Waals surface area (Å²) < 4.78 is 0. The topological polar surface area (TPSA) is 26.0 Å². The molecule has 0 saturated heterocycles. The van der Waals surface area contributed by atoms with Crippen LogP contribution in [0.1, 0.15) is 16.7 Å². The molecule has 0 aromatic heterocycles. The summed E-state index contributed by atoms with van der Waals surface area (Å²) in [5, 5.41) is 5.37. The van der Waals surface area contributed by atoms with Gasteiger partial charge in [0.2, 0.25) is 0 Å². The van der Waals surface area contributed by atoms with Crippen LogP contribution >= 0.6 is 11.9 Å². The maximum absolute atomic E-state index is 5.37. The van der Waals surface area contributed by atoms with Crippen LogP contribution in [0.2, 0.25) is 0 Å². The van der Waals surface area contributed by atoms with Gasteiger partial charge in [0.25, 0.3) is 0 Å². The van der Waals surface area contributed by atoms with Gasteiger partial charge in [-0.05, 0) is 30.5 Å². The Morgan fingerprint density at radius 1 is 1.27 bits per heavy atom. The maximum Gasteiger partial charge on any atom is 0.0328 e. The minimum absolute atomic E-state index is 0.904. The van der Waals surface area contributed by atoms with Crippen molar-refractivity contribution in [3.63, 3.8) is 0 Å². The molecule has 0 spiro atoms. The summed E-state index contributed by atoms with van der Waals surface area (Å²) in [6, 6.07) is 6.46. The van der Waals surface area contributed by atoms with Crippen LogP contribution in [0, 0.1) is 13.8 Å². The van der Waals surface area contributed by atoms with Crippen LogP contribution < -0.4 is 5.14 Å². The van der Waals surface area contributed by atoms with E-state index in [1.54, 1.807) is 0 Å². The molecule has 0 unspecified atom stereocenters. The summed E-state index contributed by atoms with van der Waals surface area (Å²) in [7, 11) is 0. The SMILES string of the molecule is Cc1ccc(CSN)cc1C. The normalized spacial score (nSPS) is 10.1. The van der Waals surface area contributed by atoms with Gasteiger partial charge in [-0.15, -0.1) is 0 Å². The van der Waals surface area contributed by atoms with Gasteiger partial charge < -0.3 is 0 Å². The van der Waals surface area contributed by atoms with Crippen molar-refractivity contribution in [1.29, 1.82) is 0 Å². The molecular formula is C9H13NS. The molecule has 0 fully saturated rings. The lowest BCUT2D eigenvalue weighted by Crippen LogP contribution is -1.87. The number of rotatable bonds is 2. The first-order valence-electron chi connectivity index (χ1n) is 3.62. The largest absolute Gasteiger partial charge is 0.278 e. The third kappa shape index (κ3) is 2.24. The summed E-state index contributed by atoms with van der Waals surface area (Å²) in [6.07, 6.45) is 0. The predicted molar refractivity (Wildman–Crippen MR) is 51.4 cm³/mol. The van der Waals surface area contributed by atoms with E-state index in [-0.39, 0.29) is 0 Å². The Labute approximate surface area is 72.1 Å². The molecule has 2 N–H and O–H groups in total. The third-order valence-corrected chi connectivity index (χ3v) is 2.32. The molecule has 0 amide bonds. The fourth-order valence-electron chi connectivity index (χ4n) is 0.990. The molecular weight excluding hydrogens is 154 g/mol. The second-order valence-electron chi connectivity index (χ2n) is 2.73. The Bertz CT molecular complexity index is 245. The Kier molecular flexibility index (Phi) is 2.97. The minimum atomic E-state index is 0.904. The highest BCUT2D eigenvalue weighted by Gasteiger charge is 1.94. The van der Waals surface area contributed by atoms with Gasteiger partial charge in [-0.25, -0.2) is 0 Å². The lowest BCUT2D eigenvalue weighted by Gasteiger charge is -2.02. The van der Waals surface area contributed by atoms with E-state index in [2.05, 4.69) is 32.0 Å². The van der Waals surface area contributed by atoms with Crippen LogP contribution in [0.15, 0.2) is 18.2 Å². The van der Waals surface area contributed by atoms with Crippen LogP contribution in [0.4, 0.5) is 0 Å². The van der Waals surface area contributed by atoms with Crippen molar-refractivity contribution in [1.82, 2.24) is 0 Å². The molecule has 2 heteroatoms. The van der Waals surface area contributed by atoms with Crippen molar-refractivity contribution in [2.45, 2.75) is 19.6 Å². The molecule has 0 heterocycles. The van der Waals surface area contributed by atoms with Gasteiger partial charge in [-0.1, -0.05) is 30.1 Å². The van der Waals surface area contributed by atoms with Crippen LogP contribution in [-0.2, 0) is 5.75 Å². The fourth-order valence-corrected chi connectivity index (χ4v) is 1.36. The monoisotopic (exact) mass is 167 g/mol. The van der Waals surface area contributed by atoms with Gasteiger partial charge in [0, 0.05) is 5.75 Å². The number of hydrogen-bond acceptors (Lipinski definition) is 2. The van der Waals surface area contributed by atoms with Gasteiger partial charge in [0.05, 0.1) is 0 Å². The van der Waals surface area contributed by atoms with Crippen molar-refractivity contribution >= 4 is 11.9 Å². The molecule has 0 bridgehead atoms. The van der Waals surface area contributed by atoms with Crippen molar-refractivity contribution in [2.75, 3.05) is 0 Å². The molecule has 1 aromatic rings. The lowest BCUT2D eigenvalue weighted by atomic mass is 10.1. The van der Waals surface area contributed by atoms with E-state index in [1.807, 2.05) is 0 Å². The molecule has 0 aliphatic heterocycles. The van der Waals surface area contributed by atoms with Crippen LogP contribution in [-0.4, -0.2) is 0 Å². The molecule has 1 nitrogen and oxygen atoms in total. The van der Waals surface area contributed by atoms with E-state index in [4.69, 9.17) is 5.14 Å². The molecule has 60 valence electrons. The molecule has 0 saturated carbocycles. The lowest BCUT2D eigenvalue weighted by molar-refractivity contribution is 1.28. The average Bonchev–Trinajstić information content (AvgIpc) is 1.98. The van der Waals surface area contributed by atoms with Crippen LogP contribution in [0.3, 0.4) is 0 Å². The summed E-state index contributed by atoms with van der Waals surface area (Å²) in [6.45, 7) is 4.24. The van der Waals surface area contributed by atoms with E-state index in [9.17, 15) is 0 Å². The summed E-state index contributed by atoms with van der Waals surface area (Å²) >= 11 is 1.37. The molecule has 1 rings (SSSR count). The number of benzene rings is 1. The van der Waals surface area contributed by atoms with Gasteiger partial charge in [0.15, 0.2) is 0 Å².